The standard InChI is InChI=1S/C27H32N8O/c1-19-16-23(21-10-13-33(3)25(36)17-21)26(20-6-4-5-7-20)35(19)32-27(28-2)31-24-9-8-22(18-30-24)34-14-11-29-12-15-34/h6,8-10,13,16-18,29H,2,4-5,7,11-12,14-15H2,1,3H3,(H,30,31,32). The third-order valence-electron chi connectivity index (χ3n) is 6.73. The van der Waals surface area contributed by atoms with Gasteiger partial charge in [-0.1, -0.05) is 6.08 Å². The zero-order chi connectivity index (χ0) is 25.1. The van der Waals surface area contributed by atoms with E-state index in [9.17, 15) is 4.79 Å². The van der Waals surface area contributed by atoms with Gasteiger partial charge in [-0.2, -0.15) is 0 Å². The number of anilines is 2. The number of aromatic nitrogens is 3. The highest BCUT2D eigenvalue weighted by Crippen LogP contribution is 2.37. The minimum absolute atomic E-state index is 0.0433. The number of aryl methyl sites for hydroxylation is 2. The number of allylic oxidation sites excluding steroid dienone is 2. The number of nitrogens with zero attached hydrogens (tertiary/aromatic N) is 6. The van der Waals surface area contributed by atoms with E-state index in [2.05, 4.69) is 50.4 Å². The van der Waals surface area contributed by atoms with Gasteiger partial charge in [-0.3, -0.25) is 4.79 Å². The van der Waals surface area contributed by atoms with Crippen LogP contribution >= 0.6 is 0 Å². The second-order valence-electron chi connectivity index (χ2n) is 9.19. The molecule has 0 spiro atoms. The van der Waals surface area contributed by atoms with Gasteiger partial charge in [0.25, 0.3) is 5.56 Å². The number of piperazine rings is 1. The molecule has 0 bridgehead atoms. The molecule has 0 amide bonds. The van der Waals surface area contributed by atoms with Crippen molar-refractivity contribution in [3.63, 3.8) is 0 Å². The van der Waals surface area contributed by atoms with E-state index in [1.54, 1.807) is 23.9 Å². The fourth-order valence-corrected chi connectivity index (χ4v) is 4.76. The second kappa shape index (κ2) is 10.3. The van der Waals surface area contributed by atoms with Gasteiger partial charge in [0.2, 0.25) is 5.96 Å². The molecule has 186 valence electrons. The molecule has 0 unspecified atom stereocenters. The van der Waals surface area contributed by atoms with Crippen LogP contribution in [-0.4, -0.2) is 53.1 Å². The van der Waals surface area contributed by atoms with Crippen LogP contribution in [-0.2, 0) is 7.05 Å². The lowest BCUT2D eigenvalue weighted by Gasteiger charge is -2.29. The van der Waals surface area contributed by atoms with Gasteiger partial charge in [0, 0.05) is 56.7 Å². The molecule has 1 aliphatic heterocycles. The monoisotopic (exact) mass is 484 g/mol. The molecule has 9 heteroatoms. The highest BCUT2D eigenvalue weighted by atomic mass is 16.1. The van der Waals surface area contributed by atoms with Crippen molar-refractivity contribution in [2.24, 2.45) is 17.1 Å². The van der Waals surface area contributed by atoms with Gasteiger partial charge < -0.3 is 20.1 Å². The Bertz CT molecular complexity index is 1370. The number of hydrogen-bond acceptors (Lipinski definition) is 5. The topological polar surface area (TPSA) is 91.8 Å². The summed E-state index contributed by atoms with van der Waals surface area (Å²) in [6.45, 7) is 9.63. The van der Waals surface area contributed by atoms with Crippen LogP contribution in [0.15, 0.2) is 63.7 Å². The molecular weight excluding hydrogens is 452 g/mol. The number of aliphatic imine (C=N–C) groups is 1. The lowest BCUT2D eigenvalue weighted by atomic mass is 10.0. The third-order valence-corrected chi connectivity index (χ3v) is 6.73. The van der Waals surface area contributed by atoms with Gasteiger partial charge in [0.1, 0.15) is 5.82 Å². The first-order valence-corrected chi connectivity index (χ1v) is 12.4. The SMILES string of the molecule is C=N/C(=N\n1c(C)cc(-c2ccn(C)c(=O)c2)c1C1=CCCC1)Nc1ccc(N2CCNCC2)cn1. The lowest BCUT2D eigenvalue weighted by molar-refractivity contribution is 0.589. The van der Waals surface area contributed by atoms with Crippen molar-refractivity contribution in [3.8, 4) is 11.1 Å². The summed E-state index contributed by atoms with van der Waals surface area (Å²) in [6, 6.07) is 9.72. The van der Waals surface area contributed by atoms with Crippen LogP contribution in [0.5, 0.6) is 0 Å². The van der Waals surface area contributed by atoms with Crippen LogP contribution < -0.4 is 21.1 Å². The van der Waals surface area contributed by atoms with E-state index in [0.29, 0.717) is 11.8 Å². The van der Waals surface area contributed by atoms with Crippen molar-refractivity contribution < 1.29 is 0 Å². The third kappa shape index (κ3) is 4.87. The maximum absolute atomic E-state index is 12.4. The van der Waals surface area contributed by atoms with Crippen molar-refractivity contribution in [3.05, 3.63) is 70.5 Å². The van der Waals surface area contributed by atoms with E-state index < -0.39 is 0 Å². The minimum atomic E-state index is -0.0433. The van der Waals surface area contributed by atoms with Gasteiger partial charge in [-0.25, -0.2) is 14.7 Å². The zero-order valence-electron chi connectivity index (χ0n) is 20.9. The molecule has 36 heavy (non-hydrogen) atoms. The highest BCUT2D eigenvalue weighted by Gasteiger charge is 2.21. The Balaban J connectivity index is 1.48. The first kappa shape index (κ1) is 23.7. The molecule has 5 rings (SSSR count). The minimum Gasteiger partial charge on any atom is -0.368 e. The predicted molar refractivity (Wildman–Crippen MR) is 147 cm³/mol. The molecule has 4 heterocycles. The molecule has 2 aliphatic rings. The van der Waals surface area contributed by atoms with Crippen LogP contribution in [0.3, 0.4) is 0 Å². The molecule has 9 nitrogen and oxygen atoms in total. The van der Waals surface area contributed by atoms with Crippen LogP contribution in [0.25, 0.3) is 16.7 Å². The van der Waals surface area contributed by atoms with Gasteiger partial charge >= 0.3 is 0 Å². The van der Waals surface area contributed by atoms with Crippen LogP contribution in [0.2, 0.25) is 0 Å². The average Bonchev–Trinajstić information content (AvgIpc) is 3.54. The Morgan fingerprint density at radius 2 is 2.03 bits per heavy atom. The zero-order valence-corrected chi connectivity index (χ0v) is 20.9. The number of pyridine rings is 2. The van der Waals surface area contributed by atoms with Crippen molar-refractivity contribution >= 4 is 29.8 Å². The molecule has 0 saturated carbocycles. The molecule has 3 aromatic rings. The van der Waals surface area contributed by atoms with E-state index in [0.717, 1.165) is 73.6 Å². The van der Waals surface area contributed by atoms with Gasteiger partial charge in [0.05, 0.1) is 17.6 Å². The summed E-state index contributed by atoms with van der Waals surface area (Å²) in [5, 5.41) is 11.4. The molecule has 0 aromatic carbocycles. The molecule has 1 saturated heterocycles. The van der Waals surface area contributed by atoms with Gasteiger partial charge in [-0.05, 0) is 68.3 Å². The smallest absolute Gasteiger partial charge is 0.250 e. The Morgan fingerprint density at radius 1 is 1.19 bits per heavy atom. The maximum atomic E-state index is 12.4. The fraction of sp³-hybridized carbons (Fsp3) is 0.333. The molecule has 1 fully saturated rings. The molecule has 2 N–H and O–H groups in total. The van der Waals surface area contributed by atoms with Crippen molar-refractivity contribution in [1.82, 2.24) is 19.5 Å². The van der Waals surface area contributed by atoms with Crippen LogP contribution in [0, 0.1) is 6.92 Å². The van der Waals surface area contributed by atoms with Gasteiger partial charge in [-0.15, -0.1) is 5.10 Å². The summed E-state index contributed by atoms with van der Waals surface area (Å²) in [4.78, 5) is 23.4. The Hall–Kier alpha value is -3.98. The van der Waals surface area contributed by atoms with E-state index in [-0.39, 0.29) is 5.56 Å². The molecule has 3 aromatic heterocycles. The largest absolute Gasteiger partial charge is 0.368 e. The lowest BCUT2D eigenvalue weighted by Crippen LogP contribution is -2.43. The number of hydrogen-bond donors (Lipinski definition) is 2. The molecular formula is C27H32N8O. The number of nitrogens with one attached hydrogen (secondary N) is 2. The first-order valence-electron chi connectivity index (χ1n) is 12.4. The summed E-state index contributed by atoms with van der Waals surface area (Å²) in [6.07, 6.45) is 9.04. The highest BCUT2D eigenvalue weighted by molar-refractivity contribution is 5.96. The Kier molecular flexibility index (Phi) is 6.81. The van der Waals surface area contributed by atoms with Crippen LogP contribution in [0.4, 0.5) is 11.5 Å². The average molecular weight is 485 g/mol. The Labute approximate surface area is 210 Å². The quantitative estimate of drug-likeness (QED) is 0.427. The second-order valence-corrected chi connectivity index (χ2v) is 9.19. The summed E-state index contributed by atoms with van der Waals surface area (Å²) in [5.74, 6) is 1.00. The van der Waals surface area contributed by atoms with Crippen LogP contribution in [0.1, 0.15) is 30.7 Å². The summed E-state index contributed by atoms with van der Waals surface area (Å²) in [5.41, 5.74) is 6.08. The van der Waals surface area contributed by atoms with Crippen molar-refractivity contribution in [1.29, 1.82) is 0 Å². The summed E-state index contributed by atoms with van der Waals surface area (Å²) in [7, 11) is 1.76. The van der Waals surface area contributed by atoms with Crippen molar-refractivity contribution in [2.45, 2.75) is 26.2 Å². The molecule has 1 aliphatic carbocycles. The van der Waals surface area contributed by atoms with E-state index in [1.807, 2.05) is 29.9 Å². The van der Waals surface area contributed by atoms with E-state index in [1.165, 1.54) is 5.57 Å². The Morgan fingerprint density at radius 3 is 2.69 bits per heavy atom. The molecule has 0 radical (unpaired) electrons. The number of rotatable bonds is 5. The maximum Gasteiger partial charge on any atom is 0.250 e. The fourth-order valence-electron chi connectivity index (χ4n) is 4.76. The van der Waals surface area contributed by atoms with Gasteiger partial charge in [0.15, 0.2) is 0 Å². The van der Waals surface area contributed by atoms with E-state index >= 15 is 0 Å². The van der Waals surface area contributed by atoms with Crippen molar-refractivity contribution in [2.75, 3.05) is 36.4 Å². The first-order chi connectivity index (χ1) is 17.5. The van der Waals surface area contributed by atoms with E-state index in [4.69, 9.17) is 5.10 Å². The number of guanidine groups is 1. The summed E-state index contributed by atoms with van der Waals surface area (Å²) < 4.78 is 3.47. The molecule has 0 atom stereocenters. The normalized spacial score (nSPS) is 16.2. The summed E-state index contributed by atoms with van der Waals surface area (Å²) >= 11 is 0. The predicted octanol–water partition coefficient (Wildman–Crippen LogP) is 3.47.